The van der Waals surface area contributed by atoms with Crippen molar-refractivity contribution in [2.45, 2.75) is 45.1 Å². The Morgan fingerprint density at radius 2 is 1.58 bits per heavy atom. The van der Waals surface area contributed by atoms with Crippen molar-refractivity contribution in [1.82, 2.24) is 4.90 Å². The van der Waals surface area contributed by atoms with Crippen LogP contribution in [0.25, 0.3) is 10.8 Å². The Morgan fingerprint density at radius 1 is 0.806 bits per heavy atom. The molecule has 0 atom stereocenters. The van der Waals surface area contributed by atoms with Gasteiger partial charge in [-0.25, -0.2) is 0 Å². The molecule has 0 aliphatic carbocycles. The minimum Gasteiger partial charge on any atom is -0.494 e. The highest BCUT2D eigenvalue weighted by Gasteiger charge is 2.18. The molecule has 0 aromatic heterocycles. The van der Waals surface area contributed by atoms with Gasteiger partial charge in [0.1, 0.15) is 5.75 Å². The minimum absolute atomic E-state index is 0.335. The van der Waals surface area contributed by atoms with E-state index in [1.807, 2.05) is 0 Å². The fourth-order valence-electron chi connectivity index (χ4n) is 4.49. The lowest BCUT2D eigenvalue weighted by Gasteiger charge is -2.31. The Labute approximate surface area is 186 Å². The summed E-state index contributed by atoms with van der Waals surface area (Å²) in [5.41, 5.74) is 2.79. The number of aliphatic hydroxyl groups excluding tert-OH is 1. The van der Waals surface area contributed by atoms with Gasteiger partial charge in [-0.05, 0) is 97.6 Å². The molecule has 1 heterocycles. The summed E-state index contributed by atoms with van der Waals surface area (Å²) < 4.78 is 6.01. The maximum Gasteiger partial charge on any atom is 0.119 e. The van der Waals surface area contributed by atoms with Gasteiger partial charge in [0.25, 0.3) is 0 Å². The summed E-state index contributed by atoms with van der Waals surface area (Å²) in [6.07, 6.45) is 6.87. The molecule has 0 radical (unpaired) electrons. The Morgan fingerprint density at radius 3 is 2.39 bits per heavy atom. The van der Waals surface area contributed by atoms with Gasteiger partial charge in [0.2, 0.25) is 0 Å². The van der Waals surface area contributed by atoms with E-state index in [4.69, 9.17) is 4.74 Å². The summed E-state index contributed by atoms with van der Waals surface area (Å²) in [6.45, 7) is 4.28. The predicted octanol–water partition coefficient (Wildman–Crippen LogP) is 5.84. The van der Waals surface area contributed by atoms with Crippen molar-refractivity contribution < 1.29 is 9.84 Å². The van der Waals surface area contributed by atoms with Gasteiger partial charge in [-0.3, -0.25) is 4.90 Å². The molecule has 4 rings (SSSR count). The Kier molecular flexibility index (Phi) is 7.98. The molecule has 0 spiro atoms. The highest BCUT2D eigenvalue weighted by atomic mass is 16.5. The molecule has 1 aliphatic heterocycles. The number of aryl methyl sites for hydroxylation is 1. The number of hydrogen-bond acceptors (Lipinski definition) is 3. The number of piperidine rings is 1. The fraction of sp³-hybridized carbons (Fsp3) is 0.429. The van der Waals surface area contributed by atoms with Gasteiger partial charge in [-0.1, -0.05) is 48.5 Å². The first-order valence-electron chi connectivity index (χ1n) is 11.8. The molecule has 0 saturated carbocycles. The molecule has 0 amide bonds. The summed E-state index contributed by atoms with van der Waals surface area (Å²) in [7, 11) is 0. The third-order valence-corrected chi connectivity index (χ3v) is 6.47. The lowest BCUT2D eigenvalue weighted by molar-refractivity contribution is 0.127. The van der Waals surface area contributed by atoms with Crippen molar-refractivity contribution >= 4 is 10.8 Å². The third kappa shape index (κ3) is 6.56. The number of aliphatic hydroxyl groups is 1. The average molecular weight is 418 g/mol. The number of nitrogens with zero attached hydrogens (tertiary/aromatic N) is 1. The van der Waals surface area contributed by atoms with Gasteiger partial charge in [-0.15, -0.1) is 0 Å². The summed E-state index contributed by atoms with van der Waals surface area (Å²) in [6, 6.07) is 23.9. The second-order valence-electron chi connectivity index (χ2n) is 8.89. The van der Waals surface area contributed by atoms with Crippen molar-refractivity contribution in [3.05, 3.63) is 77.9 Å². The molecule has 0 unspecified atom stereocenters. The standard InChI is InChI=1S/C28H35NO2/c30-22-24-14-16-29(17-15-24)21-25-10-11-27-20-28(13-12-26(27)19-25)31-18-6-2-5-9-23-7-3-1-4-8-23/h1,3-4,7-8,10-13,19-20,24,30H,2,5-6,9,14-18,21-22H2. The van der Waals surface area contributed by atoms with Crippen molar-refractivity contribution in [1.29, 1.82) is 0 Å². The first-order chi connectivity index (χ1) is 15.3. The monoisotopic (exact) mass is 417 g/mol. The van der Waals surface area contributed by atoms with Crippen LogP contribution < -0.4 is 4.74 Å². The molecule has 1 fully saturated rings. The van der Waals surface area contributed by atoms with E-state index in [1.165, 1.54) is 34.7 Å². The quantitative estimate of drug-likeness (QED) is 0.421. The molecule has 31 heavy (non-hydrogen) atoms. The van der Waals surface area contributed by atoms with Crippen LogP contribution in [0.3, 0.4) is 0 Å². The molecule has 1 aliphatic rings. The molecule has 1 saturated heterocycles. The maximum absolute atomic E-state index is 9.31. The molecule has 3 aromatic rings. The van der Waals surface area contributed by atoms with Crippen LogP contribution in [0.1, 0.15) is 43.2 Å². The van der Waals surface area contributed by atoms with Crippen molar-refractivity contribution in [2.75, 3.05) is 26.3 Å². The Balaban J connectivity index is 1.21. The SMILES string of the molecule is OCC1CCN(Cc2ccc3cc(OCCCCCc4ccccc4)ccc3c2)CC1. The van der Waals surface area contributed by atoms with Crippen LogP contribution in [-0.2, 0) is 13.0 Å². The van der Waals surface area contributed by atoms with Crippen LogP contribution in [0.4, 0.5) is 0 Å². The first kappa shape index (κ1) is 21.9. The normalized spacial score (nSPS) is 15.4. The van der Waals surface area contributed by atoms with Crippen LogP contribution in [0.5, 0.6) is 5.75 Å². The van der Waals surface area contributed by atoms with E-state index < -0.39 is 0 Å². The smallest absolute Gasteiger partial charge is 0.119 e. The van der Waals surface area contributed by atoms with Gasteiger partial charge >= 0.3 is 0 Å². The second kappa shape index (κ2) is 11.3. The number of benzene rings is 3. The average Bonchev–Trinajstić information content (AvgIpc) is 2.82. The van der Waals surface area contributed by atoms with Crippen molar-refractivity contribution in [3.8, 4) is 5.75 Å². The van der Waals surface area contributed by atoms with Crippen LogP contribution >= 0.6 is 0 Å². The highest BCUT2D eigenvalue weighted by molar-refractivity contribution is 5.84. The summed E-state index contributed by atoms with van der Waals surface area (Å²) >= 11 is 0. The van der Waals surface area contributed by atoms with Crippen LogP contribution in [-0.4, -0.2) is 36.3 Å². The molecule has 3 aromatic carbocycles. The van der Waals surface area contributed by atoms with E-state index in [0.717, 1.165) is 57.7 Å². The zero-order chi connectivity index (χ0) is 21.3. The number of ether oxygens (including phenoxy) is 1. The highest BCUT2D eigenvalue weighted by Crippen LogP contribution is 2.24. The van der Waals surface area contributed by atoms with Gasteiger partial charge in [-0.2, -0.15) is 0 Å². The predicted molar refractivity (Wildman–Crippen MR) is 129 cm³/mol. The van der Waals surface area contributed by atoms with Gasteiger partial charge < -0.3 is 9.84 Å². The largest absolute Gasteiger partial charge is 0.494 e. The van der Waals surface area contributed by atoms with E-state index in [1.54, 1.807) is 0 Å². The van der Waals surface area contributed by atoms with Crippen molar-refractivity contribution in [3.63, 3.8) is 0 Å². The van der Waals surface area contributed by atoms with E-state index >= 15 is 0 Å². The number of unbranched alkanes of at least 4 members (excludes halogenated alkanes) is 2. The molecular formula is C28H35NO2. The van der Waals surface area contributed by atoms with Crippen LogP contribution in [0, 0.1) is 5.92 Å². The molecule has 164 valence electrons. The topological polar surface area (TPSA) is 32.7 Å². The third-order valence-electron chi connectivity index (χ3n) is 6.47. The van der Waals surface area contributed by atoms with Gasteiger partial charge in [0, 0.05) is 13.2 Å². The Hall–Kier alpha value is -2.36. The summed E-state index contributed by atoms with van der Waals surface area (Å²) in [4.78, 5) is 2.50. The first-order valence-corrected chi connectivity index (χ1v) is 11.8. The van der Waals surface area contributed by atoms with E-state index in [2.05, 4.69) is 71.6 Å². The van der Waals surface area contributed by atoms with E-state index in [9.17, 15) is 5.11 Å². The zero-order valence-electron chi connectivity index (χ0n) is 18.5. The Bertz CT molecular complexity index is 932. The van der Waals surface area contributed by atoms with Crippen LogP contribution in [0.15, 0.2) is 66.7 Å². The lowest BCUT2D eigenvalue weighted by atomic mass is 9.97. The number of hydrogen-bond donors (Lipinski definition) is 1. The van der Waals surface area contributed by atoms with Crippen LogP contribution in [0.2, 0.25) is 0 Å². The second-order valence-corrected chi connectivity index (χ2v) is 8.89. The molecule has 3 heteroatoms. The van der Waals surface area contributed by atoms with Gasteiger partial charge in [0.15, 0.2) is 0 Å². The summed E-state index contributed by atoms with van der Waals surface area (Å²) in [5, 5.41) is 11.8. The summed E-state index contributed by atoms with van der Waals surface area (Å²) in [5.74, 6) is 1.46. The number of rotatable bonds is 10. The molecule has 1 N–H and O–H groups in total. The van der Waals surface area contributed by atoms with E-state index in [0.29, 0.717) is 12.5 Å². The lowest BCUT2D eigenvalue weighted by Crippen LogP contribution is -2.34. The van der Waals surface area contributed by atoms with Gasteiger partial charge in [0.05, 0.1) is 6.61 Å². The minimum atomic E-state index is 0.335. The molecule has 3 nitrogen and oxygen atoms in total. The zero-order valence-corrected chi connectivity index (χ0v) is 18.5. The number of likely N-dealkylation sites (tertiary alicyclic amines) is 1. The van der Waals surface area contributed by atoms with E-state index in [-0.39, 0.29) is 0 Å². The molecule has 0 bridgehead atoms. The number of fused-ring (bicyclic) bond motifs is 1. The fourth-order valence-corrected chi connectivity index (χ4v) is 4.49. The van der Waals surface area contributed by atoms with Crippen molar-refractivity contribution in [2.24, 2.45) is 5.92 Å². The molecular weight excluding hydrogens is 382 g/mol. The maximum atomic E-state index is 9.31.